The van der Waals surface area contributed by atoms with Gasteiger partial charge in [-0.05, 0) is 88.5 Å². The fourth-order valence-corrected chi connectivity index (χ4v) is 5.44. The highest BCUT2D eigenvalue weighted by Crippen LogP contribution is 2.32. The van der Waals surface area contributed by atoms with Crippen molar-refractivity contribution < 1.29 is 0 Å². The molecule has 0 radical (unpaired) electrons. The Bertz CT molecular complexity index is 490. The van der Waals surface area contributed by atoms with Gasteiger partial charge < -0.3 is 9.80 Å². The molecule has 0 bridgehead atoms. The van der Waals surface area contributed by atoms with E-state index in [4.69, 9.17) is 0 Å². The number of piperidine rings is 3. The van der Waals surface area contributed by atoms with Crippen molar-refractivity contribution in [1.29, 1.82) is 0 Å². The monoisotopic (exact) mass is 326 g/mol. The molecule has 3 aliphatic heterocycles. The second-order valence-electron chi connectivity index (χ2n) is 8.44. The third-order valence-corrected chi connectivity index (χ3v) is 6.80. The average Bonchev–Trinajstić information content (AvgIpc) is 2.65. The van der Waals surface area contributed by atoms with Crippen molar-refractivity contribution in [2.75, 3.05) is 32.7 Å². The van der Waals surface area contributed by atoms with Crippen LogP contribution in [0.15, 0.2) is 30.3 Å². The summed E-state index contributed by atoms with van der Waals surface area (Å²) in [5, 5.41) is 0. The first-order valence-electron chi connectivity index (χ1n) is 10.4. The molecule has 0 unspecified atom stereocenters. The van der Waals surface area contributed by atoms with Gasteiger partial charge in [-0.3, -0.25) is 0 Å². The number of nitrogens with zero attached hydrogens (tertiary/aromatic N) is 2. The summed E-state index contributed by atoms with van der Waals surface area (Å²) in [6.45, 7) is 6.79. The lowest BCUT2D eigenvalue weighted by atomic mass is 9.82. The molecular formula is C22H34N2. The zero-order valence-electron chi connectivity index (χ0n) is 15.2. The van der Waals surface area contributed by atoms with Crippen LogP contribution in [-0.4, -0.2) is 48.6 Å². The number of rotatable bonds is 4. The fraction of sp³-hybridized carbons (Fsp3) is 0.727. The Kier molecular flexibility index (Phi) is 5.54. The van der Waals surface area contributed by atoms with Gasteiger partial charge in [0.2, 0.25) is 0 Å². The lowest BCUT2D eigenvalue weighted by Gasteiger charge is -2.46. The first-order valence-corrected chi connectivity index (χ1v) is 10.4. The molecule has 2 atom stereocenters. The van der Waals surface area contributed by atoms with E-state index in [-0.39, 0.29) is 0 Å². The molecule has 4 rings (SSSR count). The van der Waals surface area contributed by atoms with Gasteiger partial charge >= 0.3 is 0 Å². The molecule has 2 heteroatoms. The number of hydrogen-bond acceptors (Lipinski definition) is 2. The molecule has 0 N–H and O–H groups in total. The van der Waals surface area contributed by atoms with Crippen LogP contribution in [0.25, 0.3) is 0 Å². The Morgan fingerprint density at radius 3 is 2.42 bits per heavy atom. The molecule has 3 heterocycles. The van der Waals surface area contributed by atoms with Crippen molar-refractivity contribution in [3.05, 3.63) is 35.9 Å². The Morgan fingerprint density at radius 2 is 1.58 bits per heavy atom. The number of hydrogen-bond donors (Lipinski definition) is 0. The summed E-state index contributed by atoms with van der Waals surface area (Å²) >= 11 is 0. The van der Waals surface area contributed by atoms with E-state index in [1.807, 2.05) is 0 Å². The van der Waals surface area contributed by atoms with Crippen molar-refractivity contribution in [1.82, 2.24) is 9.80 Å². The zero-order chi connectivity index (χ0) is 16.2. The van der Waals surface area contributed by atoms with E-state index in [0.29, 0.717) is 0 Å². The molecule has 0 spiro atoms. The topological polar surface area (TPSA) is 6.48 Å². The molecule has 1 aromatic rings. The largest absolute Gasteiger partial charge is 0.303 e. The third kappa shape index (κ3) is 4.03. The summed E-state index contributed by atoms with van der Waals surface area (Å²) in [5.41, 5.74) is 1.53. The maximum absolute atomic E-state index is 2.82. The van der Waals surface area contributed by atoms with E-state index in [9.17, 15) is 0 Å². The minimum Gasteiger partial charge on any atom is -0.303 e. The Balaban J connectivity index is 1.25. The normalized spacial score (nSPS) is 30.2. The van der Waals surface area contributed by atoms with E-state index in [1.54, 1.807) is 0 Å². The molecule has 2 nitrogen and oxygen atoms in total. The summed E-state index contributed by atoms with van der Waals surface area (Å²) in [7, 11) is 0. The van der Waals surface area contributed by atoms with Gasteiger partial charge in [-0.15, -0.1) is 0 Å². The highest BCUT2D eigenvalue weighted by atomic mass is 15.2. The lowest BCUT2D eigenvalue weighted by molar-refractivity contribution is 0.0337. The molecule has 0 aromatic heterocycles. The van der Waals surface area contributed by atoms with Crippen LogP contribution in [0.5, 0.6) is 0 Å². The Morgan fingerprint density at radius 1 is 0.792 bits per heavy atom. The summed E-state index contributed by atoms with van der Waals surface area (Å²) in [6, 6.07) is 12.0. The van der Waals surface area contributed by atoms with Crippen LogP contribution in [0.2, 0.25) is 0 Å². The second-order valence-corrected chi connectivity index (χ2v) is 8.44. The molecule has 3 aliphatic rings. The molecule has 3 fully saturated rings. The molecule has 0 amide bonds. The SMILES string of the molecule is c1ccc(CC2CCN(C[C@H]3CCCN4CCCC[C@H]34)CC2)cc1. The summed E-state index contributed by atoms with van der Waals surface area (Å²) < 4.78 is 0. The molecule has 24 heavy (non-hydrogen) atoms. The van der Waals surface area contributed by atoms with E-state index in [0.717, 1.165) is 17.9 Å². The van der Waals surface area contributed by atoms with Crippen LogP contribution in [0.1, 0.15) is 50.5 Å². The van der Waals surface area contributed by atoms with E-state index in [1.165, 1.54) is 89.7 Å². The highest BCUT2D eigenvalue weighted by molar-refractivity contribution is 5.15. The summed E-state index contributed by atoms with van der Waals surface area (Å²) in [5.74, 6) is 1.85. The molecular weight excluding hydrogens is 292 g/mol. The quantitative estimate of drug-likeness (QED) is 0.818. The van der Waals surface area contributed by atoms with E-state index < -0.39 is 0 Å². The van der Waals surface area contributed by atoms with Crippen molar-refractivity contribution in [2.45, 2.75) is 57.4 Å². The molecule has 1 aromatic carbocycles. The predicted octanol–water partition coefficient (Wildman–Crippen LogP) is 4.21. The number of benzene rings is 1. The van der Waals surface area contributed by atoms with Gasteiger partial charge in [0, 0.05) is 12.6 Å². The number of fused-ring (bicyclic) bond motifs is 1. The van der Waals surface area contributed by atoms with Crippen LogP contribution < -0.4 is 0 Å². The van der Waals surface area contributed by atoms with Crippen molar-refractivity contribution in [3.63, 3.8) is 0 Å². The number of likely N-dealkylation sites (tertiary alicyclic amines) is 1. The Hall–Kier alpha value is -0.860. The van der Waals surface area contributed by atoms with Gasteiger partial charge in [-0.2, -0.15) is 0 Å². The van der Waals surface area contributed by atoms with Gasteiger partial charge in [0.1, 0.15) is 0 Å². The first kappa shape index (κ1) is 16.6. The molecule has 0 saturated carbocycles. The standard InChI is InChI=1S/C22H34N2/c1-2-7-19(8-3-1)17-20-11-15-23(16-12-20)18-21-9-6-14-24-13-5-4-10-22(21)24/h1-3,7-8,20-22H,4-6,9-18H2/t21-,22-/m1/s1. The zero-order valence-corrected chi connectivity index (χ0v) is 15.2. The lowest BCUT2D eigenvalue weighted by Crippen LogP contribution is -2.51. The van der Waals surface area contributed by atoms with E-state index >= 15 is 0 Å². The fourth-order valence-electron chi connectivity index (χ4n) is 5.44. The molecule has 132 valence electrons. The van der Waals surface area contributed by atoms with Crippen molar-refractivity contribution in [2.24, 2.45) is 11.8 Å². The highest BCUT2D eigenvalue weighted by Gasteiger charge is 2.34. The van der Waals surface area contributed by atoms with Gasteiger partial charge in [-0.1, -0.05) is 36.8 Å². The van der Waals surface area contributed by atoms with Crippen molar-refractivity contribution >= 4 is 0 Å². The van der Waals surface area contributed by atoms with Gasteiger partial charge in [0.05, 0.1) is 0 Å². The maximum atomic E-state index is 2.82. The minimum atomic E-state index is 0.904. The van der Waals surface area contributed by atoms with Crippen LogP contribution >= 0.6 is 0 Å². The molecule has 3 saturated heterocycles. The maximum Gasteiger partial charge on any atom is 0.0136 e. The smallest absolute Gasteiger partial charge is 0.0136 e. The first-order chi connectivity index (χ1) is 11.9. The van der Waals surface area contributed by atoms with Crippen LogP contribution in [0, 0.1) is 11.8 Å². The van der Waals surface area contributed by atoms with Gasteiger partial charge in [-0.25, -0.2) is 0 Å². The average molecular weight is 327 g/mol. The predicted molar refractivity (Wildman–Crippen MR) is 101 cm³/mol. The molecule has 0 aliphatic carbocycles. The Labute approximate surface area is 148 Å². The van der Waals surface area contributed by atoms with Crippen LogP contribution in [0.4, 0.5) is 0 Å². The summed E-state index contributed by atoms with van der Waals surface area (Å²) in [6.07, 6.45) is 11.4. The van der Waals surface area contributed by atoms with E-state index in [2.05, 4.69) is 40.1 Å². The summed E-state index contributed by atoms with van der Waals surface area (Å²) in [4.78, 5) is 5.62. The second kappa shape index (κ2) is 8.01. The third-order valence-electron chi connectivity index (χ3n) is 6.80. The van der Waals surface area contributed by atoms with Gasteiger partial charge in [0.25, 0.3) is 0 Å². The van der Waals surface area contributed by atoms with Crippen molar-refractivity contribution in [3.8, 4) is 0 Å². The van der Waals surface area contributed by atoms with Crippen LogP contribution in [-0.2, 0) is 6.42 Å². The minimum absolute atomic E-state index is 0.904. The van der Waals surface area contributed by atoms with Crippen LogP contribution in [0.3, 0.4) is 0 Å². The van der Waals surface area contributed by atoms with Gasteiger partial charge in [0.15, 0.2) is 0 Å².